The van der Waals surface area contributed by atoms with E-state index in [1.807, 2.05) is 42.5 Å². The molecule has 36 heavy (non-hydrogen) atoms. The van der Waals surface area contributed by atoms with Crippen molar-refractivity contribution in [2.24, 2.45) is 0 Å². The van der Waals surface area contributed by atoms with Crippen molar-refractivity contribution >= 4 is 23.2 Å². The second-order valence-corrected chi connectivity index (χ2v) is 8.10. The molecule has 4 rings (SSSR count). The number of H-pyrrole nitrogens is 1. The smallest absolute Gasteiger partial charge is 0.434 e. The van der Waals surface area contributed by atoms with Gasteiger partial charge in [-0.3, -0.25) is 0 Å². The van der Waals surface area contributed by atoms with Crippen molar-refractivity contribution in [1.29, 1.82) is 0 Å². The summed E-state index contributed by atoms with van der Waals surface area (Å²) in [7, 11) is 0. The number of benzene rings is 3. The van der Waals surface area contributed by atoms with Gasteiger partial charge in [-0.15, -0.1) is 0 Å². The van der Waals surface area contributed by atoms with E-state index in [4.69, 9.17) is 0 Å². The van der Waals surface area contributed by atoms with Crippen LogP contribution in [0.25, 0.3) is 34.3 Å². The van der Waals surface area contributed by atoms with Crippen LogP contribution in [0.4, 0.5) is 26.3 Å². The van der Waals surface area contributed by atoms with Crippen LogP contribution in [-0.4, -0.2) is 33.5 Å². The van der Waals surface area contributed by atoms with Gasteiger partial charge in [-0.2, -0.15) is 26.3 Å². The molecule has 1 heterocycles. The van der Waals surface area contributed by atoms with Gasteiger partial charge in [0.25, 0.3) is 6.10 Å². The number of rotatable bonds is 6. The third-order valence-electron chi connectivity index (χ3n) is 5.38. The molecule has 10 heteroatoms. The van der Waals surface area contributed by atoms with Crippen LogP contribution in [0.1, 0.15) is 30.0 Å². The number of halogens is 6. The highest BCUT2D eigenvalue weighted by Crippen LogP contribution is 2.36. The number of ether oxygens (including phenoxy) is 1. The van der Waals surface area contributed by atoms with Gasteiger partial charge in [0.1, 0.15) is 11.6 Å². The predicted octanol–water partition coefficient (Wildman–Crippen LogP) is 7.33. The minimum atomic E-state index is -5.59. The summed E-state index contributed by atoms with van der Waals surface area (Å²) >= 11 is 0. The summed E-state index contributed by atoms with van der Waals surface area (Å²) in [6.07, 6.45) is -12.5. The van der Waals surface area contributed by atoms with Gasteiger partial charge >= 0.3 is 12.4 Å². The van der Waals surface area contributed by atoms with E-state index < -0.39 is 30.3 Å². The van der Waals surface area contributed by atoms with Crippen LogP contribution >= 0.6 is 0 Å². The number of fused-ring (bicyclic) bond motifs is 1. The molecule has 188 valence electrons. The standard InChI is InChI=1S/C26H20F6N2O2/c1-15(35)19-4-2-3-5-20(19)17-9-12-21-22(14-17)34-23(33-21)13-8-16-6-10-18(11-7-16)36-24(25(27,28)29)26(30,31)32/h2-15,24,35H,1H3,(H,33,34). The number of nitrogens with zero attached hydrogens (tertiary/aromatic N) is 1. The van der Waals surface area contributed by atoms with Gasteiger partial charge in [-0.25, -0.2) is 4.98 Å². The summed E-state index contributed by atoms with van der Waals surface area (Å²) in [4.78, 5) is 7.62. The van der Waals surface area contributed by atoms with Crippen LogP contribution < -0.4 is 4.74 Å². The van der Waals surface area contributed by atoms with E-state index in [1.165, 1.54) is 12.1 Å². The lowest BCUT2D eigenvalue weighted by Gasteiger charge is -2.23. The summed E-state index contributed by atoms with van der Waals surface area (Å²) in [5, 5.41) is 10.1. The van der Waals surface area contributed by atoms with E-state index in [2.05, 4.69) is 14.7 Å². The first-order valence-electron chi connectivity index (χ1n) is 10.8. The zero-order chi connectivity index (χ0) is 26.1. The van der Waals surface area contributed by atoms with Gasteiger partial charge < -0.3 is 14.8 Å². The molecule has 0 saturated carbocycles. The Morgan fingerprint density at radius 3 is 2.19 bits per heavy atom. The van der Waals surface area contributed by atoms with Crippen LogP contribution in [-0.2, 0) is 0 Å². The quantitative estimate of drug-likeness (QED) is 0.269. The molecule has 1 aromatic heterocycles. The fourth-order valence-electron chi connectivity index (χ4n) is 3.69. The molecule has 0 aliphatic rings. The normalized spacial score (nSPS) is 13.6. The minimum absolute atomic E-state index is 0.500. The Bertz CT molecular complexity index is 1360. The summed E-state index contributed by atoms with van der Waals surface area (Å²) in [6, 6.07) is 17.9. The van der Waals surface area contributed by atoms with Crippen molar-refractivity contribution < 1.29 is 36.2 Å². The maximum absolute atomic E-state index is 12.7. The Kier molecular flexibility index (Phi) is 6.81. The molecular formula is C26H20F6N2O2. The number of imidazole rings is 1. The highest BCUT2D eigenvalue weighted by Gasteiger charge is 2.59. The van der Waals surface area contributed by atoms with Crippen molar-refractivity contribution in [2.45, 2.75) is 31.5 Å². The van der Waals surface area contributed by atoms with Gasteiger partial charge in [0.05, 0.1) is 17.1 Å². The summed E-state index contributed by atoms with van der Waals surface area (Å²) < 4.78 is 80.2. The van der Waals surface area contributed by atoms with E-state index in [1.54, 1.807) is 19.1 Å². The number of nitrogens with one attached hydrogen (secondary N) is 1. The molecule has 3 aromatic carbocycles. The van der Waals surface area contributed by atoms with Crippen LogP contribution in [0.3, 0.4) is 0 Å². The van der Waals surface area contributed by atoms with Crippen molar-refractivity contribution in [3.63, 3.8) is 0 Å². The fraction of sp³-hybridized carbons (Fsp3) is 0.192. The Hall–Kier alpha value is -3.79. The number of aliphatic hydroxyl groups is 1. The van der Waals surface area contributed by atoms with Crippen LogP contribution in [0.2, 0.25) is 0 Å². The Morgan fingerprint density at radius 2 is 1.56 bits per heavy atom. The minimum Gasteiger partial charge on any atom is -0.471 e. The molecular weight excluding hydrogens is 486 g/mol. The van der Waals surface area contributed by atoms with E-state index in [9.17, 15) is 31.4 Å². The third kappa shape index (κ3) is 5.71. The van der Waals surface area contributed by atoms with E-state index in [-0.39, 0.29) is 0 Å². The number of aromatic nitrogens is 2. The molecule has 4 aromatic rings. The summed E-state index contributed by atoms with van der Waals surface area (Å²) in [5.41, 5.74) is 4.54. The maximum Gasteiger partial charge on any atom is 0.434 e. The largest absolute Gasteiger partial charge is 0.471 e. The lowest BCUT2D eigenvalue weighted by atomic mass is 9.96. The Balaban J connectivity index is 1.52. The molecule has 0 aliphatic carbocycles. The molecule has 0 radical (unpaired) electrons. The van der Waals surface area contributed by atoms with E-state index in [0.717, 1.165) is 34.3 Å². The van der Waals surface area contributed by atoms with E-state index in [0.29, 0.717) is 16.9 Å². The average molecular weight is 506 g/mol. The Morgan fingerprint density at radius 1 is 0.889 bits per heavy atom. The first kappa shape index (κ1) is 25.3. The van der Waals surface area contributed by atoms with Crippen molar-refractivity contribution in [2.75, 3.05) is 0 Å². The van der Waals surface area contributed by atoms with Gasteiger partial charge in [-0.05, 0) is 59.5 Å². The lowest BCUT2D eigenvalue weighted by Crippen LogP contribution is -2.46. The highest BCUT2D eigenvalue weighted by molar-refractivity contribution is 5.84. The van der Waals surface area contributed by atoms with Crippen molar-refractivity contribution in [1.82, 2.24) is 9.97 Å². The SMILES string of the molecule is CC(O)c1ccccc1-c1ccc2nc(C=Cc3ccc(OC(C(F)(F)F)C(F)(F)F)cc3)[nH]c2c1. The van der Waals surface area contributed by atoms with Crippen molar-refractivity contribution in [3.8, 4) is 16.9 Å². The summed E-state index contributed by atoms with van der Waals surface area (Å²) in [6.45, 7) is 1.69. The molecule has 0 spiro atoms. The van der Waals surface area contributed by atoms with Gasteiger partial charge in [0, 0.05) is 0 Å². The molecule has 0 amide bonds. The Labute approximate surface area is 201 Å². The highest BCUT2D eigenvalue weighted by atomic mass is 19.4. The fourth-order valence-corrected chi connectivity index (χ4v) is 3.69. The second-order valence-electron chi connectivity index (χ2n) is 8.10. The summed E-state index contributed by atoms with van der Waals surface area (Å²) in [5.74, 6) is -0.0546. The third-order valence-corrected chi connectivity index (χ3v) is 5.38. The zero-order valence-electron chi connectivity index (χ0n) is 18.7. The molecule has 0 saturated heterocycles. The number of hydrogen-bond donors (Lipinski definition) is 2. The van der Waals surface area contributed by atoms with Crippen molar-refractivity contribution in [3.05, 3.63) is 83.7 Å². The zero-order valence-corrected chi connectivity index (χ0v) is 18.7. The van der Waals surface area contributed by atoms with E-state index >= 15 is 0 Å². The monoisotopic (exact) mass is 506 g/mol. The van der Waals surface area contributed by atoms with Gasteiger partial charge in [-0.1, -0.05) is 48.5 Å². The number of aromatic amines is 1. The molecule has 2 N–H and O–H groups in total. The number of hydrogen-bond acceptors (Lipinski definition) is 3. The average Bonchev–Trinajstić information content (AvgIpc) is 3.22. The molecule has 0 bridgehead atoms. The predicted molar refractivity (Wildman–Crippen MR) is 124 cm³/mol. The van der Waals surface area contributed by atoms with Crippen LogP contribution in [0, 0.1) is 0 Å². The molecule has 1 atom stereocenters. The maximum atomic E-state index is 12.7. The first-order chi connectivity index (χ1) is 16.9. The molecule has 1 unspecified atom stereocenters. The van der Waals surface area contributed by atoms with Crippen LogP contribution in [0.15, 0.2) is 66.7 Å². The second kappa shape index (κ2) is 9.69. The lowest BCUT2D eigenvalue weighted by molar-refractivity contribution is -0.299. The van der Waals surface area contributed by atoms with Gasteiger partial charge in [0.2, 0.25) is 0 Å². The first-order valence-corrected chi connectivity index (χ1v) is 10.8. The molecule has 0 aliphatic heterocycles. The number of alkyl halides is 6. The number of aliphatic hydroxyl groups excluding tert-OH is 1. The molecule has 0 fully saturated rings. The topological polar surface area (TPSA) is 58.1 Å². The van der Waals surface area contributed by atoms with Crippen LogP contribution in [0.5, 0.6) is 5.75 Å². The van der Waals surface area contributed by atoms with Gasteiger partial charge in [0.15, 0.2) is 0 Å². The molecule has 4 nitrogen and oxygen atoms in total.